The lowest BCUT2D eigenvalue weighted by atomic mass is 10.3. The smallest absolute Gasteiger partial charge is 0.225 e. The maximum Gasteiger partial charge on any atom is 0.225 e. The van der Waals surface area contributed by atoms with Crippen LogP contribution < -0.4 is 15.4 Å². The van der Waals surface area contributed by atoms with Crippen LogP contribution >= 0.6 is 11.6 Å². The number of hydrogen-bond donors (Lipinski definition) is 2. The molecular weight excluding hydrogens is 288 g/mol. The highest BCUT2D eigenvalue weighted by Crippen LogP contribution is 2.28. The Morgan fingerprint density at radius 3 is 2.57 bits per heavy atom. The molecule has 0 saturated heterocycles. The molecule has 2 N–H and O–H groups in total. The number of methoxy groups -OCH3 is 1. The van der Waals surface area contributed by atoms with Gasteiger partial charge in [-0.2, -0.15) is 4.98 Å². The second-order valence-corrected chi connectivity index (χ2v) is 5.40. The summed E-state index contributed by atoms with van der Waals surface area (Å²) in [6, 6.07) is 7.65. The lowest BCUT2D eigenvalue weighted by Gasteiger charge is -2.12. The van der Waals surface area contributed by atoms with E-state index in [9.17, 15) is 0 Å². The molecule has 5 nitrogen and oxygen atoms in total. The summed E-state index contributed by atoms with van der Waals surface area (Å²) in [6.45, 7) is 6.02. The maximum absolute atomic E-state index is 6.12. The standard InChI is InChI=1S/C15H19ClN4O/c1-9(2)17-15-18-10(3)7-14(20-15)19-11-5-6-13(21-4)12(16)8-11/h5-9H,1-4H3,(H2,17,18,19,20). The number of rotatable bonds is 5. The zero-order valence-electron chi connectivity index (χ0n) is 12.6. The molecule has 1 aromatic carbocycles. The van der Waals surface area contributed by atoms with Crippen LogP contribution in [-0.2, 0) is 0 Å². The van der Waals surface area contributed by atoms with Crippen LogP contribution in [0, 0.1) is 6.92 Å². The molecule has 2 aromatic rings. The Labute approximate surface area is 129 Å². The number of aryl methyl sites for hydroxylation is 1. The topological polar surface area (TPSA) is 59.1 Å². The minimum absolute atomic E-state index is 0.273. The van der Waals surface area contributed by atoms with Crippen molar-refractivity contribution in [2.45, 2.75) is 26.8 Å². The summed E-state index contributed by atoms with van der Waals surface area (Å²) in [4.78, 5) is 8.79. The average molecular weight is 307 g/mol. The summed E-state index contributed by atoms with van der Waals surface area (Å²) in [7, 11) is 1.59. The van der Waals surface area contributed by atoms with Crippen LogP contribution in [0.25, 0.3) is 0 Å². The van der Waals surface area contributed by atoms with E-state index in [2.05, 4.69) is 20.6 Å². The molecule has 1 aromatic heterocycles. The van der Waals surface area contributed by atoms with Crippen LogP contribution in [0.3, 0.4) is 0 Å². The molecule has 0 spiro atoms. The van der Waals surface area contributed by atoms with E-state index in [-0.39, 0.29) is 6.04 Å². The quantitative estimate of drug-likeness (QED) is 0.874. The Balaban J connectivity index is 2.22. The van der Waals surface area contributed by atoms with Crippen molar-refractivity contribution >= 4 is 29.1 Å². The van der Waals surface area contributed by atoms with Crippen LogP contribution in [-0.4, -0.2) is 23.1 Å². The van der Waals surface area contributed by atoms with Gasteiger partial charge in [0.1, 0.15) is 11.6 Å². The van der Waals surface area contributed by atoms with Gasteiger partial charge in [-0.3, -0.25) is 0 Å². The first-order valence-electron chi connectivity index (χ1n) is 6.70. The predicted molar refractivity (Wildman–Crippen MR) is 86.8 cm³/mol. The van der Waals surface area contributed by atoms with Gasteiger partial charge in [0.2, 0.25) is 5.95 Å². The molecule has 0 aliphatic heterocycles. The van der Waals surface area contributed by atoms with E-state index in [1.807, 2.05) is 39.0 Å². The summed E-state index contributed by atoms with van der Waals surface area (Å²) in [6.07, 6.45) is 0. The molecule has 0 unspecified atom stereocenters. The highest BCUT2D eigenvalue weighted by Gasteiger charge is 2.06. The van der Waals surface area contributed by atoms with Crippen molar-refractivity contribution < 1.29 is 4.74 Å². The summed E-state index contributed by atoms with van der Waals surface area (Å²) >= 11 is 6.12. The van der Waals surface area contributed by atoms with Crippen LogP contribution in [0.2, 0.25) is 5.02 Å². The number of nitrogens with zero attached hydrogens (tertiary/aromatic N) is 2. The zero-order chi connectivity index (χ0) is 15.4. The lowest BCUT2D eigenvalue weighted by Crippen LogP contribution is -2.13. The number of benzene rings is 1. The second kappa shape index (κ2) is 6.63. The molecule has 1 heterocycles. The van der Waals surface area contributed by atoms with Gasteiger partial charge in [0.15, 0.2) is 0 Å². The highest BCUT2D eigenvalue weighted by molar-refractivity contribution is 6.32. The predicted octanol–water partition coefficient (Wildman–Crippen LogP) is 4.01. The van der Waals surface area contributed by atoms with Gasteiger partial charge >= 0.3 is 0 Å². The Hall–Kier alpha value is -2.01. The van der Waals surface area contributed by atoms with Crippen LogP contribution in [0.4, 0.5) is 17.5 Å². The lowest BCUT2D eigenvalue weighted by molar-refractivity contribution is 0.415. The van der Waals surface area contributed by atoms with Crippen molar-refractivity contribution in [1.82, 2.24) is 9.97 Å². The summed E-state index contributed by atoms with van der Waals surface area (Å²) in [5.41, 5.74) is 1.73. The normalized spacial score (nSPS) is 10.6. The number of ether oxygens (including phenoxy) is 1. The minimum Gasteiger partial charge on any atom is -0.495 e. The van der Waals surface area contributed by atoms with Gasteiger partial charge in [-0.05, 0) is 39.0 Å². The third-order valence-corrected chi connectivity index (χ3v) is 2.99. The largest absolute Gasteiger partial charge is 0.495 e. The molecule has 2 rings (SSSR count). The summed E-state index contributed by atoms with van der Waals surface area (Å²) in [5, 5.41) is 6.96. The Morgan fingerprint density at radius 1 is 1.19 bits per heavy atom. The number of anilines is 3. The third kappa shape index (κ3) is 4.23. The fourth-order valence-corrected chi connectivity index (χ4v) is 2.11. The van der Waals surface area contributed by atoms with Crippen molar-refractivity contribution in [3.63, 3.8) is 0 Å². The van der Waals surface area contributed by atoms with Crippen molar-refractivity contribution in [2.24, 2.45) is 0 Å². The van der Waals surface area contributed by atoms with Gasteiger partial charge in [-0.25, -0.2) is 4.98 Å². The second-order valence-electron chi connectivity index (χ2n) is 4.99. The van der Waals surface area contributed by atoms with E-state index >= 15 is 0 Å². The fraction of sp³-hybridized carbons (Fsp3) is 0.333. The van der Waals surface area contributed by atoms with Gasteiger partial charge in [0.05, 0.1) is 12.1 Å². The Bertz CT molecular complexity index is 631. The molecule has 21 heavy (non-hydrogen) atoms. The van der Waals surface area contributed by atoms with Crippen molar-refractivity contribution in [3.05, 3.63) is 35.0 Å². The number of hydrogen-bond acceptors (Lipinski definition) is 5. The molecule has 0 atom stereocenters. The summed E-state index contributed by atoms with van der Waals surface area (Å²) < 4.78 is 5.14. The van der Waals surface area contributed by atoms with E-state index in [0.29, 0.717) is 22.5 Å². The number of nitrogens with one attached hydrogen (secondary N) is 2. The van der Waals surface area contributed by atoms with Crippen LogP contribution in [0.1, 0.15) is 19.5 Å². The monoisotopic (exact) mass is 306 g/mol. The van der Waals surface area contributed by atoms with E-state index < -0.39 is 0 Å². The van der Waals surface area contributed by atoms with Crippen LogP contribution in [0.5, 0.6) is 5.75 Å². The Kier molecular flexibility index (Phi) is 4.85. The zero-order valence-corrected chi connectivity index (χ0v) is 13.3. The molecule has 0 bridgehead atoms. The SMILES string of the molecule is COc1ccc(Nc2cc(C)nc(NC(C)C)n2)cc1Cl. The van der Waals surface area contributed by atoms with Gasteiger partial charge in [-0.15, -0.1) is 0 Å². The third-order valence-electron chi connectivity index (χ3n) is 2.70. The van der Waals surface area contributed by atoms with Crippen molar-refractivity contribution in [1.29, 1.82) is 0 Å². The van der Waals surface area contributed by atoms with E-state index in [0.717, 1.165) is 11.4 Å². The Morgan fingerprint density at radius 2 is 1.95 bits per heavy atom. The first-order valence-corrected chi connectivity index (χ1v) is 7.08. The van der Waals surface area contributed by atoms with E-state index in [4.69, 9.17) is 16.3 Å². The van der Waals surface area contributed by atoms with Gasteiger partial charge in [0, 0.05) is 23.5 Å². The number of halogens is 1. The highest BCUT2D eigenvalue weighted by atomic mass is 35.5. The first kappa shape index (κ1) is 15.4. The maximum atomic E-state index is 6.12. The van der Waals surface area contributed by atoms with Crippen molar-refractivity contribution in [3.8, 4) is 5.75 Å². The number of aromatic nitrogens is 2. The summed E-state index contributed by atoms with van der Waals surface area (Å²) in [5.74, 6) is 1.96. The molecule has 6 heteroatoms. The minimum atomic E-state index is 0.273. The van der Waals surface area contributed by atoms with E-state index in [1.54, 1.807) is 13.2 Å². The molecule has 112 valence electrons. The molecule has 0 radical (unpaired) electrons. The van der Waals surface area contributed by atoms with Crippen molar-refractivity contribution in [2.75, 3.05) is 17.7 Å². The first-order chi connectivity index (χ1) is 9.97. The molecule has 0 aliphatic carbocycles. The average Bonchev–Trinajstić information content (AvgIpc) is 2.37. The van der Waals surface area contributed by atoms with Crippen LogP contribution in [0.15, 0.2) is 24.3 Å². The molecule has 0 fully saturated rings. The van der Waals surface area contributed by atoms with E-state index in [1.165, 1.54) is 0 Å². The molecular formula is C15H19ClN4O. The molecule has 0 aliphatic rings. The molecule has 0 saturated carbocycles. The van der Waals surface area contributed by atoms with Gasteiger partial charge in [0.25, 0.3) is 0 Å². The molecule has 0 amide bonds. The van der Waals surface area contributed by atoms with Gasteiger partial charge in [-0.1, -0.05) is 11.6 Å². The fourth-order valence-electron chi connectivity index (χ4n) is 1.85. The van der Waals surface area contributed by atoms with Gasteiger partial charge < -0.3 is 15.4 Å².